The number of aromatic nitrogens is 3. The molecule has 2 unspecified atom stereocenters. The predicted molar refractivity (Wildman–Crippen MR) is 59.8 cm³/mol. The SMILES string of the molecule is CC1CC(C(=O)Nc2ncnn2C)CCN1. The lowest BCUT2D eigenvalue weighted by atomic mass is 9.92. The Labute approximate surface area is 94.4 Å². The molecule has 2 rings (SSSR count). The van der Waals surface area contributed by atoms with Gasteiger partial charge in [-0.1, -0.05) is 0 Å². The van der Waals surface area contributed by atoms with Crippen LogP contribution in [0.1, 0.15) is 19.8 Å². The van der Waals surface area contributed by atoms with Gasteiger partial charge in [0.05, 0.1) is 0 Å². The van der Waals surface area contributed by atoms with E-state index in [2.05, 4.69) is 27.6 Å². The molecule has 0 radical (unpaired) electrons. The summed E-state index contributed by atoms with van der Waals surface area (Å²) < 4.78 is 1.56. The highest BCUT2D eigenvalue weighted by atomic mass is 16.2. The number of piperidine rings is 1. The standard InChI is InChI=1S/C10H17N5O/c1-7-5-8(3-4-11-7)9(16)14-10-12-6-13-15(10)2/h6-8,11H,3-5H2,1-2H3,(H,12,13,14,16). The lowest BCUT2D eigenvalue weighted by Gasteiger charge is -2.26. The normalized spacial score (nSPS) is 25.4. The second-order valence-electron chi connectivity index (χ2n) is 4.27. The van der Waals surface area contributed by atoms with Crippen LogP contribution in [-0.2, 0) is 11.8 Å². The second-order valence-corrected chi connectivity index (χ2v) is 4.27. The molecule has 2 heterocycles. The molecule has 0 spiro atoms. The summed E-state index contributed by atoms with van der Waals surface area (Å²) in [6.45, 7) is 3.00. The van der Waals surface area contributed by atoms with Crippen LogP contribution >= 0.6 is 0 Å². The molecule has 16 heavy (non-hydrogen) atoms. The first kappa shape index (κ1) is 11.1. The minimum atomic E-state index is 0.0458. The Morgan fingerprint density at radius 1 is 1.69 bits per heavy atom. The topological polar surface area (TPSA) is 71.8 Å². The summed E-state index contributed by atoms with van der Waals surface area (Å²) in [6, 6.07) is 0.406. The van der Waals surface area contributed by atoms with Gasteiger partial charge in [-0.2, -0.15) is 10.1 Å². The van der Waals surface area contributed by atoms with E-state index < -0.39 is 0 Å². The second kappa shape index (κ2) is 4.61. The molecule has 0 bridgehead atoms. The minimum absolute atomic E-state index is 0.0458. The summed E-state index contributed by atoms with van der Waals surface area (Å²) in [6.07, 6.45) is 3.19. The zero-order valence-corrected chi connectivity index (χ0v) is 9.60. The monoisotopic (exact) mass is 223 g/mol. The van der Waals surface area contributed by atoms with E-state index in [4.69, 9.17) is 0 Å². The summed E-state index contributed by atoms with van der Waals surface area (Å²) in [5.41, 5.74) is 0. The fourth-order valence-corrected chi connectivity index (χ4v) is 1.99. The van der Waals surface area contributed by atoms with E-state index in [1.807, 2.05) is 0 Å². The van der Waals surface area contributed by atoms with Gasteiger partial charge >= 0.3 is 0 Å². The maximum Gasteiger partial charge on any atom is 0.229 e. The third-order valence-electron chi connectivity index (χ3n) is 2.94. The van der Waals surface area contributed by atoms with E-state index >= 15 is 0 Å². The van der Waals surface area contributed by atoms with Crippen molar-refractivity contribution in [2.24, 2.45) is 13.0 Å². The highest BCUT2D eigenvalue weighted by Crippen LogP contribution is 2.17. The molecule has 1 aromatic rings. The molecule has 0 aliphatic carbocycles. The summed E-state index contributed by atoms with van der Waals surface area (Å²) in [5.74, 6) is 0.633. The molecule has 1 saturated heterocycles. The van der Waals surface area contributed by atoms with E-state index in [1.54, 1.807) is 11.7 Å². The molecule has 1 fully saturated rings. The number of carbonyl (C=O) groups is 1. The molecule has 2 atom stereocenters. The zero-order chi connectivity index (χ0) is 11.5. The molecule has 2 N–H and O–H groups in total. The van der Waals surface area contributed by atoms with Gasteiger partial charge in [-0.05, 0) is 26.3 Å². The number of anilines is 1. The molecular formula is C10H17N5O. The van der Waals surface area contributed by atoms with Gasteiger partial charge in [-0.25, -0.2) is 4.68 Å². The number of nitrogens with one attached hydrogen (secondary N) is 2. The molecule has 1 aliphatic heterocycles. The third-order valence-corrected chi connectivity index (χ3v) is 2.94. The van der Waals surface area contributed by atoms with Crippen molar-refractivity contribution < 1.29 is 4.79 Å². The van der Waals surface area contributed by atoms with Crippen LogP contribution in [0.5, 0.6) is 0 Å². The van der Waals surface area contributed by atoms with Gasteiger partial charge in [0.25, 0.3) is 0 Å². The van der Waals surface area contributed by atoms with Crippen LogP contribution in [0.25, 0.3) is 0 Å². The van der Waals surface area contributed by atoms with Crippen molar-refractivity contribution in [3.8, 4) is 0 Å². The summed E-state index contributed by atoms with van der Waals surface area (Å²) >= 11 is 0. The number of carbonyl (C=O) groups excluding carboxylic acids is 1. The molecule has 1 aliphatic rings. The van der Waals surface area contributed by atoms with Crippen molar-refractivity contribution in [2.75, 3.05) is 11.9 Å². The van der Waals surface area contributed by atoms with Gasteiger partial charge in [0.1, 0.15) is 6.33 Å². The Hall–Kier alpha value is -1.43. The maximum absolute atomic E-state index is 11.9. The third kappa shape index (κ3) is 2.38. The van der Waals surface area contributed by atoms with Crippen LogP contribution in [0, 0.1) is 5.92 Å². The quantitative estimate of drug-likeness (QED) is 0.748. The predicted octanol–water partition coefficient (Wildman–Crippen LogP) is 0.142. The van der Waals surface area contributed by atoms with Crippen LogP contribution in [0.15, 0.2) is 6.33 Å². The van der Waals surface area contributed by atoms with E-state index in [9.17, 15) is 4.79 Å². The lowest BCUT2D eigenvalue weighted by molar-refractivity contribution is -0.120. The molecule has 88 valence electrons. The fraction of sp³-hybridized carbons (Fsp3) is 0.700. The van der Waals surface area contributed by atoms with Crippen molar-refractivity contribution in [1.29, 1.82) is 0 Å². The Morgan fingerprint density at radius 2 is 2.50 bits per heavy atom. The Bertz CT molecular complexity index is 375. The number of nitrogens with zero attached hydrogens (tertiary/aromatic N) is 3. The van der Waals surface area contributed by atoms with Gasteiger partial charge in [0.2, 0.25) is 11.9 Å². The number of hydrogen-bond acceptors (Lipinski definition) is 4. The van der Waals surface area contributed by atoms with Gasteiger partial charge < -0.3 is 5.32 Å². The largest absolute Gasteiger partial charge is 0.314 e. The maximum atomic E-state index is 11.9. The van der Waals surface area contributed by atoms with Crippen LogP contribution in [0.3, 0.4) is 0 Å². The van der Waals surface area contributed by atoms with Gasteiger partial charge in [-0.15, -0.1) is 0 Å². The molecular weight excluding hydrogens is 206 g/mol. The van der Waals surface area contributed by atoms with E-state index in [-0.39, 0.29) is 11.8 Å². The van der Waals surface area contributed by atoms with Crippen molar-refractivity contribution in [3.05, 3.63) is 6.33 Å². The van der Waals surface area contributed by atoms with Gasteiger partial charge in [0.15, 0.2) is 0 Å². The Balaban J connectivity index is 1.95. The summed E-state index contributed by atoms with van der Waals surface area (Å²) in [4.78, 5) is 15.9. The molecule has 1 aromatic heterocycles. The highest BCUT2D eigenvalue weighted by molar-refractivity contribution is 5.91. The highest BCUT2D eigenvalue weighted by Gasteiger charge is 2.25. The molecule has 0 aromatic carbocycles. The van der Waals surface area contributed by atoms with Crippen LogP contribution in [-0.4, -0.2) is 33.3 Å². The number of amides is 1. The fourth-order valence-electron chi connectivity index (χ4n) is 1.99. The van der Waals surface area contributed by atoms with E-state index in [1.165, 1.54) is 6.33 Å². The number of hydrogen-bond donors (Lipinski definition) is 2. The van der Waals surface area contributed by atoms with Crippen LogP contribution in [0.4, 0.5) is 5.95 Å². The molecule has 1 amide bonds. The lowest BCUT2D eigenvalue weighted by Crippen LogP contribution is -2.40. The van der Waals surface area contributed by atoms with Gasteiger partial charge in [0, 0.05) is 19.0 Å². The van der Waals surface area contributed by atoms with E-state index in [0.29, 0.717) is 12.0 Å². The summed E-state index contributed by atoms with van der Waals surface area (Å²) in [7, 11) is 1.76. The average Bonchev–Trinajstić information content (AvgIpc) is 2.64. The molecule has 6 nitrogen and oxygen atoms in total. The van der Waals surface area contributed by atoms with Crippen LogP contribution in [0.2, 0.25) is 0 Å². The average molecular weight is 223 g/mol. The van der Waals surface area contributed by atoms with Crippen molar-refractivity contribution in [3.63, 3.8) is 0 Å². The Morgan fingerprint density at radius 3 is 3.12 bits per heavy atom. The molecule has 0 saturated carbocycles. The first-order valence-electron chi connectivity index (χ1n) is 5.55. The van der Waals surface area contributed by atoms with Crippen LogP contribution < -0.4 is 10.6 Å². The first-order valence-corrected chi connectivity index (χ1v) is 5.55. The first-order chi connectivity index (χ1) is 7.66. The van der Waals surface area contributed by atoms with Crippen molar-refractivity contribution >= 4 is 11.9 Å². The zero-order valence-electron chi connectivity index (χ0n) is 9.60. The number of rotatable bonds is 2. The summed E-state index contributed by atoms with van der Waals surface area (Å²) in [5, 5.41) is 10.0. The van der Waals surface area contributed by atoms with E-state index in [0.717, 1.165) is 19.4 Å². The van der Waals surface area contributed by atoms with Crippen molar-refractivity contribution in [2.45, 2.75) is 25.8 Å². The van der Waals surface area contributed by atoms with Gasteiger partial charge in [-0.3, -0.25) is 10.1 Å². The number of aryl methyl sites for hydroxylation is 1. The minimum Gasteiger partial charge on any atom is -0.314 e. The Kier molecular flexibility index (Phi) is 3.19. The molecule has 6 heteroatoms. The smallest absolute Gasteiger partial charge is 0.229 e. The van der Waals surface area contributed by atoms with Crippen molar-refractivity contribution in [1.82, 2.24) is 20.1 Å².